The SMILES string of the molecule is CCc1oc(C(=O)OC)cc1S(=O)(=O)N1CCCC1CN. The molecule has 0 aromatic carbocycles. The first kappa shape index (κ1) is 16.0. The second kappa shape index (κ2) is 6.17. The third kappa shape index (κ3) is 2.83. The number of hydrogen-bond acceptors (Lipinski definition) is 6. The van der Waals surface area contributed by atoms with Crippen LogP contribution in [-0.2, 0) is 21.2 Å². The van der Waals surface area contributed by atoms with Gasteiger partial charge in [0.05, 0.1) is 7.11 Å². The van der Waals surface area contributed by atoms with Crippen LogP contribution in [0.3, 0.4) is 0 Å². The molecule has 1 atom stereocenters. The number of esters is 1. The number of aryl methyl sites for hydroxylation is 1. The zero-order valence-corrected chi connectivity index (χ0v) is 13.0. The van der Waals surface area contributed by atoms with Crippen LogP contribution in [-0.4, -0.2) is 44.9 Å². The van der Waals surface area contributed by atoms with Gasteiger partial charge in [0.1, 0.15) is 10.7 Å². The fourth-order valence-electron chi connectivity index (χ4n) is 2.57. The lowest BCUT2D eigenvalue weighted by Gasteiger charge is -2.22. The minimum atomic E-state index is -3.71. The molecule has 1 saturated heterocycles. The number of nitrogens with two attached hydrogens (primary N) is 1. The van der Waals surface area contributed by atoms with E-state index in [4.69, 9.17) is 10.2 Å². The molecule has 0 bridgehead atoms. The molecule has 0 radical (unpaired) electrons. The van der Waals surface area contributed by atoms with Gasteiger partial charge in [-0.3, -0.25) is 0 Å². The smallest absolute Gasteiger partial charge is 0.373 e. The van der Waals surface area contributed by atoms with Crippen LogP contribution in [0.25, 0.3) is 0 Å². The van der Waals surface area contributed by atoms with Crippen molar-refractivity contribution in [1.82, 2.24) is 4.31 Å². The molecule has 0 amide bonds. The molecule has 1 aromatic rings. The summed E-state index contributed by atoms with van der Waals surface area (Å²) in [4.78, 5) is 11.6. The normalized spacial score (nSPS) is 19.9. The van der Waals surface area contributed by atoms with Crippen LogP contribution in [0.15, 0.2) is 15.4 Å². The number of methoxy groups -OCH3 is 1. The highest BCUT2D eigenvalue weighted by Gasteiger charge is 2.37. The third-order valence-electron chi connectivity index (χ3n) is 3.66. The maximum Gasteiger partial charge on any atom is 0.373 e. The van der Waals surface area contributed by atoms with Gasteiger partial charge < -0.3 is 14.9 Å². The van der Waals surface area contributed by atoms with E-state index in [0.29, 0.717) is 13.0 Å². The zero-order valence-electron chi connectivity index (χ0n) is 12.2. The molecule has 1 fully saturated rings. The predicted octanol–water partition coefficient (Wildman–Crippen LogP) is 0.740. The highest BCUT2D eigenvalue weighted by atomic mass is 32.2. The molecule has 118 valence electrons. The minimum Gasteiger partial charge on any atom is -0.463 e. The van der Waals surface area contributed by atoms with E-state index in [2.05, 4.69) is 4.74 Å². The Hall–Kier alpha value is -1.38. The summed E-state index contributed by atoms with van der Waals surface area (Å²) in [5, 5.41) is 0. The summed E-state index contributed by atoms with van der Waals surface area (Å²) >= 11 is 0. The molecule has 0 aliphatic carbocycles. The maximum absolute atomic E-state index is 12.8. The molecule has 8 heteroatoms. The van der Waals surface area contributed by atoms with E-state index in [9.17, 15) is 13.2 Å². The van der Waals surface area contributed by atoms with Crippen LogP contribution in [0, 0.1) is 0 Å². The number of sulfonamides is 1. The Labute approximate surface area is 124 Å². The predicted molar refractivity (Wildman–Crippen MR) is 75.4 cm³/mol. The molecule has 7 nitrogen and oxygen atoms in total. The summed E-state index contributed by atoms with van der Waals surface area (Å²) in [5.74, 6) is -0.530. The van der Waals surface area contributed by atoms with Crippen LogP contribution in [0.4, 0.5) is 0 Å². The largest absolute Gasteiger partial charge is 0.463 e. The second-order valence-electron chi connectivity index (χ2n) is 4.89. The van der Waals surface area contributed by atoms with Crippen molar-refractivity contribution in [3.8, 4) is 0 Å². The van der Waals surface area contributed by atoms with E-state index in [-0.39, 0.29) is 29.0 Å². The lowest BCUT2D eigenvalue weighted by atomic mass is 10.2. The lowest BCUT2D eigenvalue weighted by molar-refractivity contribution is 0.0563. The van der Waals surface area contributed by atoms with Crippen molar-refractivity contribution >= 4 is 16.0 Å². The molecule has 2 N–H and O–H groups in total. The third-order valence-corrected chi connectivity index (χ3v) is 5.66. The number of hydrogen-bond donors (Lipinski definition) is 1. The number of nitrogens with zero attached hydrogens (tertiary/aromatic N) is 1. The first-order valence-corrected chi connectivity index (χ1v) is 8.32. The highest BCUT2D eigenvalue weighted by molar-refractivity contribution is 7.89. The maximum atomic E-state index is 12.8. The summed E-state index contributed by atoms with van der Waals surface area (Å²) in [6.45, 7) is 2.48. The van der Waals surface area contributed by atoms with Crippen molar-refractivity contribution in [2.45, 2.75) is 37.1 Å². The average Bonchev–Trinajstić information content (AvgIpc) is 3.12. The standard InChI is InChI=1S/C13H20N2O5S/c1-3-10-12(7-11(20-10)13(16)19-2)21(17,18)15-6-4-5-9(15)8-14/h7,9H,3-6,8,14H2,1-2H3. The van der Waals surface area contributed by atoms with E-state index >= 15 is 0 Å². The quantitative estimate of drug-likeness (QED) is 0.804. The van der Waals surface area contributed by atoms with Crippen molar-refractivity contribution in [3.63, 3.8) is 0 Å². The van der Waals surface area contributed by atoms with Gasteiger partial charge in [0.15, 0.2) is 0 Å². The van der Waals surface area contributed by atoms with E-state index in [1.807, 2.05) is 0 Å². The molecule has 2 heterocycles. The van der Waals surface area contributed by atoms with Crippen LogP contribution in [0.1, 0.15) is 36.1 Å². The molecule has 1 unspecified atom stereocenters. The Morgan fingerprint density at radius 2 is 2.29 bits per heavy atom. The van der Waals surface area contributed by atoms with Crippen LogP contribution >= 0.6 is 0 Å². The fourth-order valence-corrected chi connectivity index (χ4v) is 4.50. The molecular weight excluding hydrogens is 296 g/mol. The van der Waals surface area contributed by atoms with Gasteiger partial charge in [-0.25, -0.2) is 13.2 Å². The van der Waals surface area contributed by atoms with E-state index < -0.39 is 16.0 Å². The van der Waals surface area contributed by atoms with Gasteiger partial charge in [0, 0.05) is 31.6 Å². The van der Waals surface area contributed by atoms with Crippen molar-refractivity contribution in [2.24, 2.45) is 5.73 Å². The molecular formula is C13H20N2O5S. The Morgan fingerprint density at radius 1 is 1.57 bits per heavy atom. The summed E-state index contributed by atoms with van der Waals surface area (Å²) in [7, 11) is -2.49. The first-order chi connectivity index (χ1) is 9.95. The number of carbonyl (C=O) groups is 1. The van der Waals surface area contributed by atoms with Gasteiger partial charge in [-0.05, 0) is 12.8 Å². The highest BCUT2D eigenvalue weighted by Crippen LogP contribution is 2.30. The summed E-state index contributed by atoms with van der Waals surface area (Å²) in [5.41, 5.74) is 5.64. The van der Waals surface area contributed by atoms with Gasteiger partial charge in [-0.1, -0.05) is 6.92 Å². The Kier molecular flexibility index (Phi) is 4.70. The number of ether oxygens (including phenoxy) is 1. The van der Waals surface area contributed by atoms with Gasteiger partial charge in [0.25, 0.3) is 0 Å². The van der Waals surface area contributed by atoms with Crippen molar-refractivity contribution in [1.29, 1.82) is 0 Å². The minimum absolute atomic E-state index is 0.0331. The van der Waals surface area contributed by atoms with Crippen molar-refractivity contribution < 1.29 is 22.4 Å². The van der Waals surface area contributed by atoms with E-state index in [1.165, 1.54) is 17.5 Å². The average molecular weight is 316 g/mol. The van der Waals surface area contributed by atoms with Gasteiger partial charge in [-0.2, -0.15) is 4.31 Å². The first-order valence-electron chi connectivity index (χ1n) is 6.88. The molecule has 2 rings (SSSR count). The molecule has 0 saturated carbocycles. The molecule has 1 aliphatic heterocycles. The second-order valence-corrected chi connectivity index (χ2v) is 6.75. The lowest BCUT2D eigenvalue weighted by Crippen LogP contribution is -2.40. The van der Waals surface area contributed by atoms with Gasteiger partial charge in [0.2, 0.25) is 15.8 Å². The number of rotatable bonds is 5. The molecule has 1 aliphatic rings. The zero-order chi connectivity index (χ0) is 15.6. The van der Waals surface area contributed by atoms with Crippen LogP contribution < -0.4 is 5.73 Å². The Bertz CT molecular complexity index is 623. The van der Waals surface area contributed by atoms with E-state index in [0.717, 1.165) is 12.8 Å². The van der Waals surface area contributed by atoms with Crippen LogP contribution in [0.2, 0.25) is 0 Å². The summed E-state index contributed by atoms with van der Waals surface area (Å²) < 4.78 is 36.8. The molecule has 1 aromatic heterocycles. The number of furan rings is 1. The van der Waals surface area contributed by atoms with Crippen LogP contribution in [0.5, 0.6) is 0 Å². The summed E-state index contributed by atoms with van der Waals surface area (Å²) in [6.07, 6.45) is 1.90. The van der Waals surface area contributed by atoms with Crippen molar-refractivity contribution in [3.05, 3.63) is 17.6 Å². The molecule has 21 heavy (non-hydrogen) atoms. The Balaban J connectivity index is 2.44. The van der Waals surface area contributed by atoms with E-state index in [1.54, 1.807) is 6.92 Å². The fraction of sp³-hybridized carbons (Fsp3) is 0.615. The summed E-state index contributed by atoms with van der Waals surface area (Å²) in [6, 6.07) is 1.04. The van der Waals surface area contributed by atoms with Gasteiger partial charge >= 0.3 is 5.97 Å². The van der Waals surface area contributed by atoms with Gasteiger partial charge in [-0.15, -0.1) is 0 Å². The monoisotopic (exact) mass is 316 g/mol. The number of carbonyl (C=O) groups excluding carboxylic acids is 1. The Morgan fingerprint density at radius 3 is 2.86 bits per heavy atom. The topological polar surface area (TPSA) is 103 Å². The van der Waals surface area contributed by atoms with Crippen molar-refractivity contribution in [2.75, 3.05) is 20.2 Å². The molecule has 0 spiro atoms.